The monoisotopic (exact) mass is 222 g/mol. The van der Waals surface area contributed by atoms with Crippen molar-refractivity contribution in [2.45, 2.75) is 26.7 Å². The normalized spacial score (nSPS) is 36.5. The Bertz CT molecular complexity index is 348. The van der Waals surface area contributed by atoms with Gasteiger partial charge in [0.25, 0.3) is 0 Å². The first kappa shape index (κ1) is 11.2. The van der Waals surface area contributed by atoms with Crippen LogP contribution in [0.15, 0.2) is 11.1 Å². The first-order valence-corrected chi connectivity index (χ1v) is 5.54. The number of carbonyl (C=O) groups excluding carboxylic acids is 2. The maximum Gasteiger partial charge on any atom is 0.0458 e. The molecule has 4 nitrogen and oxygen atoms in total. The van der Waals surface area contributed by atoms with Crippen molar-refractivity contribution in [1.29, 1.82) is 0 Å². The molecule has 4 unspecified atom stereocenters. The Labute approximate surface area is 94.0 Å². The van der Waals surface area contributed by atoms with Crippen molar-refractivity contribution in [3.63, 3.8) is 0 Å². The molecule has 0 spiro atoms. The molecule has 4 heteroatoms. The molecule has 0 amide bonds. The lowest BCUT2D eigenvalue weighted by Crippen LogP contribution is -2.46. The second kappa shape index (κ2) is 3.61. The van der Waals surface area contributed by atoms with Crippen LogP contribution in [-0.4, -0.2) is 11.9 Å². The number of hydrogen-bond donors (Lipinski definition) is 0. The zero-order valence-electron chi connectivity index (χ0n) is 9.36. The maximum absolute atomic E-state index is 11.0. The molecule has 0 saturated heterocycles. The molecule has 2 bridgehead atoms. The van der Waals surface area contributed by atoms with Gasteiger partial charge in [0.1, 0.15) is 0 Å². The molecule has 0 N–H and O–H groups in total. The summed E-state index contributed by atoms with van der Waals surface area (Å²) in [5, 5.41) is 22.1. The average Bonchev–Trinajstić information content (AvgIpc) is 2.70. The minimum atomic E-state index is -1.25. The Hall–Kier alpha value is -1.32. The fourth-order valence-electron chi connectivity index (χ4n) is 3.55. The molecular formula is C12H14O4-2. The number of rotatable bonds is 2. The highest BCUT2D eigenvalue weighted by molar-refractivity contribution is 5.81. The third-order valence-electron chi connectivity index (χ3n) is 3.96. The molecular weight excluding hydrogens is 208 g/mol. The van der Waals surface area contributed by atoms with Gasteiger partial charge in [-0.1, -0.05) is 11.1 Å². The van der Waals surface area contributed by atoms with E-state index in [1.165, 1.54) is 0 Å². The Kier molecular flexibility index (Phi) is 2.52. The zero-order valence-corrected chi connectivity index (χ0v) is 9.36. The van der Waals surface area contributed by atoms with Crippen LogP contribution >= 0.6 is 0 Å². The molecule has 2 rings (SSSR count). The Morgan fingerprint density at radius 3 is 1.62 bits per heavy atom. The van der Waals surface area contributed by atoms with Crippen LogP contribution in [0.25, 0.3) is 0 Å². The smallest absolute Gasteiger partial charge is 0.0458 e. The van der Waals surface area contributed by atoms with E-state index in [0.29, 0.717) is 0 Å². The Balaban J connectivity index is 2.46. The molecule has 2 saturated carbocycles. The molecule has 0 heterocycles. The molecule has 2 aliphatic carbocycles. The lowest BCUT2D eigenvalue weighted by atomic mass is 9.79. The van der Waals surface area contributed by atoms with E-state index in [4.69, 9.17) is 0 Å². The average molecular weight is 222 g/mol. The SMILES string of the molecule is CC(C)=C1C2CCC1C(C(=O)[O-])C2C(=O)[O-]. The van der Waals surface area contributed by atoms with E-state index >= 15 is 0 Å². The van der Waals surface area contributed by atoms with E-state index in [9.17, 15) is 19.8 Å². The van der Waals surface area contributed by atoms with Crippen molar-refractivity contribution in [2.24, 2.45) is 23.7 Å². The van der Waals surface area contributed by atoms with E-state index in [2.05, 4.69) is 0 Å². The van der Waals surface area contributed by atoms with Gasteiger partial charge < -0.3 is 19.8 Å². The summed E-state index contributed by atoms with van der Waals surface area (Å²) in [6.07, 6.45) is 1.52. The fraction of sp³-hybridized carbons (Fsp3) is 0.667. The van der Waals surface area contributed by atoms with Crippen LogP contribution in [-0.2, 0) is 9.59 Å². The molecule has 0 aromatic rings. The van der Waals surface area contributed by atoms with Crippen LogP contribution in [0, 0.1) is 23.7 Å². The minimum Gasteiger partial charge on any atom is -0.550 e. The van der Waals surface area contributed by atoms with Gasteiger partial charge in [0, 0.05) is 23.8 Å². The summed E-state index contributed by atoms with van der Waals surface area (Å²) in [5.41, 5.74) is 2.06. The predicted octanol–water partition coefficient (Wildman–Crippen LogP) is -0.905. The maximum atomic E-state index is 11.0. The van der Waals surface area contributed by atoms with Gasteiger partial charge in [-0.2, -0.15) is 0 Å². The van der Waals surface area contributed by atoms with E-state index in [0.717, 1.165) is 24.0 Å². The van der Waals surface area contributed by atoms with Crippen LogP contribution in [0.5, 0.6) is 0 Å². The Morgan fingerprint density at radius 2 is 1.38 bits per heavy atom. The highest BCUT2D eigenvalue weighted by Gasteiger charge is 2.52. The van der Waals surface area contributed by atoms with E-state index in [1.807, 2.05) is 13.8 Å². The van der Waals surface area contributed by atoms with Crippen LogP contribution < -0.4 is 10.2 Å². The minimum absolute atomic E-state index is 0.150. The van der Waals surface area contributed by atoms with Gasteiger partial charge in [-0.25, -0.2) is 0 Å². The molecule has 0 aliphatic heterocycles. The molecule has 0 radical (unpaired) electrons. The van der Waals surface area contributed by atoms with Gasteiger partial charge in [0.2, 0.25) is 0 Å². The van der Waals surface area contributed by atoms with Crippen molar-refractivity contribution in [2.75, 3.05) is 0 Å². The number of fused-ring (bicyclic) bond motifs is 2. The van der Waals surface area contributed by atoms with Gasteiger partial charge in [-0.3, -0.25) is 0 Å². The summed E-state index contributed by atoms with van der Waals surface area (Å²) in [4.78, 5) is 22.1. The fourth-order valence-corrected chi connectivity index (χ4v) is 3.55. The highest BCUT2D eigenvalue weighted by Crippen LogP contribution is 2.56. The number of carbonyl (C=O) groups is 2. The predicted molar refractivity (Wildman–Crippen MR) is 51.6 cm³/mol. The van der Waals surface area contributed by atoms with Crippen molar-refractivity contribution in [1.82, 2.24) is 0 Å². The summed E-state index contributed by atoms with van der Waals surface area (Å²) >= 11 is 0. The molecule has 2 fully saturated rings. The number of carboxylic acids is 2. The number of carboxylic acid groups (broad SMARTS) is 2. The standard InChI is InChI=1S/C12H16O4/c1-5(2)8-6-3-4-7(8)10(12(15)16)9(6)11(13)14/h6-7,9-10H,3-4H2,1-2H3,(H,13,14)(H,15,16)/p-2. The highest BCUT2D eigenvalue weighted by atomic mass is 16.4. The van der Waals surface area contributed by atoms with Crippen LogP contribution in [0.2, 0.25) is 0 Å². The van der Waals surface area contributed by atoms with Crippen molar-refractivity contribution in [3.8, 4) is 0 Å². The van der Waals surface area contributed by atoms with Gasteiger partial charge in [0.15, 0.2) is 0 Å². The number of aliphatic carboxylic acids is 2. The number of allylic oxidation sites excluding steroid dienone is 2. The molecule has 0 aromatic carbocycles. The zero-order chi connectivity index (χ0) is 12.0. The first-order chi connectivity index (χ1) is 7.45. The molecule has 16 heavy (non-hydrogen) atoms. The Morgan fingerprint density at radius 1 is 1.00 bits per heavy atom. The van der Waals surface area contributed by atoms with E-state index in [-0.39, 0.29) is 11.8 Å². The number of hydrogen-bond acceptors (Lipinski definition) is 4. The molecule has 0 aromatic heterocycles. The van der Waals surface area contributed by atoms with Crippen molar-refractivity contribution < 1.29 is 19.8 Å². The summed E-state index contributed by atoms with van der Waals surface area (Å²) in [5.74, 6) is -4.59. The van der Waals surface area contributed by atoms with Crippen LogP contribution in [0.1, 0.15) is 26.7 Å². The van der Waals surface area contributed by atoms with Crippen molar-refractivity contribution >= 4 is 11.9 Å². The molecule has 4 atom stereocenters. The van der Waals surface area contributed by atoms with Gasteiger partial charge >= 0.3 is 0 Å². The van der Waals surface area contributed by atoms with Gasteiger partial charge in [-0.15, -0.1) is 0 Å². The second-order valence-corrected chi connectivity index (χ2v) is 4.94. The van der Waals surface area contributed by atoms with Crippen molar-refractivity contribution in [3.05, 3.63) is 11.1 Å². The largest absolute Gasteiger partial charge is 0.550 e. The quantitative estimate of drug-likeness (QED) is 0.567. The molecule has 2 aliphatic rings. The lowest BCUT2D eigenvalue weighted by molar-refractivity contribution is -0.328. The van der Waals surface area contributed by atoms with Gasteiger partial charge in [0.05, 0.1) is 0 Å². The van der Waals surface area contributed by atoms with Gasteiger partial charge in [-0.05, 0) is 38.5 Å². The topological polar surface area (TPSA) is 80.3 Å². The lowest BCUT2D eigenvalue weighted by Gasteiger charge is -2.31. The summed E-state index contributed by atoms with van der Waals surface area (Å²) in [7, 11) is 0. The summed E-state index contributed by atoms with van der Waals surface area (Å²) in [6.45, 7) is 3.81. The van der Waals surface area contributed by atoms with E-state index < -0.39 is 23.8 Å². The van der Waals surface area contributed by atoms with Crippen LogP contribution in [0.3, 0.4) is 0 Å². The van der Waals surface area contributed by atoms with Crippen LogP contribution in [0.4, 0.5) is 0 Å². The third-order valence-corrected chi connectivity index (χ3v) is 3.96. The second-order valence-electron chi connectivity index (χ2n) is 4.94. The summed E-state index contributed by atoms with van der Waals surface area (Å²) < 4.78 is 0. The summed E-state index contributed by atoms with van der Waals surface area (Å²) in [6, 6.07) is 0. The first-order valence-electron chi connectivity index (χ1n) is 5.54. The third kappa shape index (κ3) is 1.36. The van der Waals surface area contributed by atoms with E-state index in [1.54, 1.807) is 0 Å². The molecule has 88 valence electrons.